The summed E-state index contributed by atoms with van der Waals surface area (Å²) in [5.41, 5.74) is 12.0. The van der Waals surface area contributed by atoms with E-state index in [1.165, 1.54) is 6.21 Å². The Kier molecular flexibility index (Phi) is 12.8. The van der Waals surface area contributed by atoms with Crippen LogP contribution in [0.25, 0.3) is 22.4 Å². The Hall–Kier alpha value is -6.44. The smallest absolute Gasteiger partial charge is 0.475 e. The number of amides is 1. The van der Waals surface area contributed by atoms with Crippen molar-refractivity contribution in [2.24, 2.45) is 5.16 Å². The maximum atomic E-state index is 13.3. The maximum absolute atomic E-state index is 13.3. The second-order valence-electron chi connectivity index (χ2n) is 9.20. The number of nitrogens with one attached hydrogen (secondary N) is 1. The van der Waals surface area contributed by atoms with Gasteiger partial charge in [0, 0.05) is 28.7 Å². The van der Waals surface area contributed by atoms with Gasteiger partial charge >= 0.3 is 24.3 Å². The summed E-state index contributed by atoms with van der Waals surface area (Å²) in [7, 11) is 0. The van der Waals surface area contributed by atoms with Crippen molar-refractivity contribution in [3.05, 3.63) is 101 Å². The standard InChI is InChI=1S/C27H21N5O2.2C2HF3O2/c1-17-13-14-30-26(22-7-4-8-24(29)23(22)16-31-34)25(17)27(33)32-20-11-9-18(10-12-20)21-6-3-2-5-19(21)15-28;2*3-2(4,5)1(6)7/h2-14,16,34H,29H2,1H3,(H,32,33);2*(H,6,7). The van der Waals surface area contributed by atoms with E-state index in [9.17, 15) is 36.4 Å². The number of hydrogen-bond donors (Lipinski definition) is 5. The summed E-state index contributed by atoms with van der Waals surface area (Å²) >= 11 is 0. The number of carboxylic acids is 2. The number of carbonyl (C=O) groups excluding carboxylic acids is 1. The van der Waals surface area contributed by atoms with Gasteiger partial charge in [-0.1, -0.05) is 47.6 Å². The van der Waals surface area contributed by atoms with E-state index in [0.717, 1.165) is 16.7 Å². The van der Waals surface area contributed by atoms with Crippen LogP contribution >= 0.6 is 0 Å². The van der Waals surface area contributed by atoms with Gasteiger partial charge in [-0.15, -0.1) is 0 Å². The zero-order chi connectivity index (χ0) is 36.2. The zero-order valence-corrected chi connectivity index (χ0v) is 24.3. The number of nitrogen functional groups attached to an aromatic ring is 1. The number of nitrogens with zero attached hydrogens (tertiary/aromatic N) is 3. The van der Waals surface area contributed by atoms with E-state index in [1.54, 1.807) is 48.7 Å². The second kappa shape index (κ2) is 16.2. The van der Waals surface area contributed by atoms with Gasteiger partial charge in [0.25, 0.3) is 5.91 Å². The number of anilines is 2. The molecular weight excluding hydrogens is 652 g/mol. The average Bonchev–Trinajstić information content (AvgIpc) is 3.02. The van der Waals surface area contributed by atoms with Crippen molar-refractivity contribution in [1.82, 2.24) is 4.98 Å². The summed E-state index contributed by atoms with van der Waals surface area (Å²) in [6, 6.07) is 23.8. The Morgan fingerprint density at radius 3 is 1.94 bits per heavy atom. The number of nitrogens with two attached hydrogens (primary N) is 1. The number of rotatable bonds is 5. The third-order valence-corrected chi connectivity index (χ3v) is 5.95. The molecule has 17 heteroatoms. The molecule has 0 aliphatic carbocycles. The van der Waals surface area contributed by atoms with Crippen molar-refractivity contribution in [2.45, 2.75) is 19.3 Å². The molecule has 6 N–H and O–H groups in total. The summed E-state index contributed by atoms with van der Waals surface area (Å²) in [4.78, 5) is 35.6. The third kappa shape index (κ3) is 10.3. The molecule has 0 saturated heterocycles. The van der Waals surface area contributed by atoms with Crippen LogP contribution in [0.4, 0.5) is 37.7 Å². The number of alkyl halides is 6. The van der Waals surface area contributed by atoms with Gasteiger partial charge in [0.15, 0.2) is 0 Å². The van der Waals surface area contributed by atoms with Crippen molar-refractivity contribution in [1.29, 1.82) is 5.26 Å². The minimum Gasteiger partial charge on any atom is -0.475 e. The van der Waals surface area contributed by atoms with Gasteiger partial charge in [-0.3, -0.25) is 9.78 Å². The number of carboxylic acid groups (broad SMARTS) is 2. The predicted octanol–water partition coefficient (Wildman–Crippen LogP) is 6.50. The summed E-state index contributed by atoms with van der Waals surface area (Å²) in [6.07, 6.45) is -7.32. The molecule has 4 rings (SSSR count). The van der Waals surface area contributed by atoms with Crippen LogP contribution in [0.5, 0.6) is 0 Å². The monoisotopic (exact) mass is 675 g/mol. The van der Waals surface area contributed by atoms with Crippen molar-refractivity contribution in [3.63, 3.8) is 0 Å². The number of oxime groups is 1. The van der Waals surface area contributed by atoms with Crippen molar-refractivity contribution < 1.29 is 56.1 Å². The van der Waals surface area contributed by atoms with Crippen molar-refractivity contribution in [2.75, 3.05) is 11.1 Å². The Labute approximate surface area is 267 Å². The topological polar surface area (TPSA) is 199 Å². The zero-order valence-electron chi connectivity index (χ0n) is 24.3. The molecule has 0 saturated carbocycles. The van der Waals surface area contributed by atoms with Crippen LogP contribution in [0.1, 0.15) is 27.0 Å². The average molecular weight is 676 g/mol. The SMILES string of the molecule is Cc1ccnc(-c2cccc(N)c2C=NO)c1C(=O)Nc1ccc(-c2ccccc2C#N)cc1.O=C(O)C(F)(F)F.O=C(O)C(F)(F)F. The van der Waals surface area contributed by atoms with Gasteiger partial charge < -0.3 is 26.5 Å². The first-order valence-electron chi connectivity index (χ1n) is 12.9. The van der Waals surface area contributed by atoms with Crippen LogP contribution in [-0.4, -0.2) is 56.8 Å². The van der Waals surface area contributed by atoms with E-state index in [1.807, 2.05) is 37.3 Å². The van der Waals surface area contributed by atoms with E-state index in [0.29, 0.717) is 39.3 Å². The van der Waals surface area contributed by atoms with E-state index in [-0.39, 0.29) is 5.91 Å². The fraction of sp³-hybridized carbons (Fsp3) is 0.0968. The lowest BCUT2D eigenvalue weighted by Gasteiger charge is -2.15. The molecule has 0 aliphatic rings. The summed E-state index contributed by atoms with van der Waals surface area (Å²) in [5, 5.41) is 38.7. The van der Waals surface area contributed by atoms with Crippen molar-refractivity contribution >= 4 is 35.4 Å². The van der Waals surface area contributed by atoms with Crippen molar-refractivity contribution in [3.8, 4) is 28.5 Å². The Morgan fingerprint density at radius 2 is 1.42 bits per heavy atom. The number of hydrogen-bond acceptors (Lipinski definition) is 8. The molecule has 4 aromatic rings. The number of nitriles is 1. The molecule has 3 aromatic carbocycles. The molecule has 0 radical (unpaired) electrons. The fourth-order valence-electron chi connectivity index (χ4n) is 3.80. The molecule has 48 heavy (non-hydrogen) atoms. The molecule has 11 nitrogen and oxygen atoms in total. The first-order valence-corrected chi connectivity index (χ1v) is 12.9. The number of halogens is 6. The Bertz CT molecular complexity index is 1830. The third-order valence-electron chi connectivity index (χ3n) is 5.95. The minimum absolute atomic E-state index is 0.333. The van der Waals surface area contributed by atoms with E-state index in [4.69, 9.17) is 30.7 Å². The minimum atomic E-state index is -5.08. The second-order valence-corrected chi connectivity index (χ2v) is 9.20. The summed E-state index contributed by atoms with van der Waals surface area (Å²) in [6.45, 7) is 1.83. The lowest BCUT2D eigenvalue weighted by Crippen LogP contribution is -2.21. The van der Waals surface area contributed by atoms with Gasteiger partial charge in [-0.2, -0.15) is 31.6 Å². The van der Waals surface area contributed by atoms with Gasteiger partial charge in [-0.25, -0.2) is 9.59 Å². The van der Waals surface area contributed by atoms with Crippen LogP contribution in [0, 0.1) is 18.3 Å². The van der Waals surface area contributed by atoms with E-state index >= 15 is 0 Å². The molecule has 0 bridgehead atoms. The first-order chi connectivity index (χ1) is 22.4. The molecule has 250 valence electrons. The van der Waals surface area contributed by atoms with E-state index in [2.05, 4.69) is 21.5 Å². The summed E-state index contributed by atoms with van der Waals surface area (Å²) < 4.78 is 63.5. The number of aliphatic carboxylic acids is 2. The van der Waals surface area contributed by atoms with Gasteiger partial charge in [-0.05, 0) is 53.9 Å². The quantitative estimate of drug-likeness (QED) is 0.0515. The van der Waals surface area contributed by atoms with Crippen LogP contribution in [0.2, 0.25) is 0 Å². The Morgan fingerprint density at radius 1 is 0.875 bits per heavy atom. The van der Waals surface area contributed by atoms with E-state index < -0.39 is 24.3 Å². The number of aromatic nitrogens is 1. The molecule has 0 aliphatic heterocycles. The lowest BCUT2D eigenvalue weighted by atomic mass is 9.96. The van der Waals surface area contributed by atoms with Gasteiger partial charge in [0.2, 0.25) is 0 Å². The van der Waals surface area contributed by atoms with Crippen LogP contribution < -0.4 is 11.1 Å². The van der Waals surface area contributed by atoms with Crippen LogP contribution in [0.3, 0.4) is 0 Å². The molecule has 1 amide bonds. The molecule has 0 spiro atoms. The lowest BCUT2D eigenvalue weighted by molar-refractivity contribution is -0.193. The molecule has 1 aromatic heterocycles. The first kappa shape index (κ1) is 37.7. The fourth-order valence-corrected chi connectivity index (χ4v) is 3.80. The number of pyridine rings is 1. The highest BCUT2D eigenvalue weighted by atomic mass is 19.4. The molecule has 0 atom stereocenters. The number of benzene rings is 3. The largest absolute Gasteiger partial charge is 0.490 e. The molecule has 0 unspecified atom stereocenters. The predicted molar refractivity (Wildman–Crippen MR) is 160 cm³/mol. The molecule has 1 heterocycles. The van der Waals surface area contributed by atoms with Gasteiger partial charge in [0.1, 0.15) is 0 Å². The summed E-state index contributed by atoms with van der Waals surface area (Å²) in [5.74, 6) is -5.85. The maximum Gasteiger partial charge on any atom is 0.490 e. The highest BCUT2D eigenvalue weighted by molar-refractivity contribution is 6.10. The highest BCUT2D eigenvalue weighted by Gasteiger charge is 2.38. The number of aryl methyl sites for hydroxylation is 1. The Balaban J connectivity index is 0.000000479. The molecular formula is C31H23F6N5O6. The highest BCUT2D eigenvalue weighted by Crippen LogP contribution is 2.30. The van der Waals surface area contributed by atoms with Gasteiger partial charge in [0.05, 0.1) is 29.1 Å². The van der Waals surface area contributed by atoms with Crippen LogP contribution in [-0.2, 0) is 9.59 Å². The number of carbonyl (C=O) groups is 3. The van der Waals surface area contributed by atoms with Crippen LogP contribution in [0.15, 0.2) is 84.1 Å². The molecule has 0 fully saturated rings. The normalized spacial score (nSPS) is 10.9.